The summed E-state index contributed by atoms with van der Waals surface area (Å²) in [7, 11) is 1.97. The Labute approximate surface area is 119 Å². The van der Waals surface area contributed by atoms with Crippen molar-refractivity contribution in [1.29, 1.82) is 0 Å². The van der Waals surface area contributed by atoms with Crippen molar-refractivity contribution in [3.8, 4) is 0 Å². The first-order valence-corrected chi connectivity index (χ1v) is 7.70. The summed E-state index contributed by atoms with van der Waals surface area (Å²) in [6, 6.07) is 0.527. The van der Waals surface area contributed by atoms with E-state index in [2.05, 4.69) is 16.2 Å². The van der Waals surface area contributed by atoms with Crippen LogP contribution in [0.2, 0.25) is 0 Å². The number of aromatic nitrogens is 2. The molecular formula is C15H23N3O2. The van der Waals surface area contributed by atoms with Crippen molar-refractivity contribution < 1.29 is 9.47 Å². The van der Waals surface area contributed by atoms with E-state index < -0.39 is 0 Å². The Morgan fingerprint density at radius 3 is 3.05 bits per heavy atom. The molecule has 1 aromatic rings. The van der Waals surface area contributed by atoms with Gasteiger partial charge in [-0.25, -0.2) is 0 Å². The molecular weight excluding hydrogens is 254 g/mol. The number of likely N-dealkylation sites (tertiary alicyclic amines) is 1. The Morgan fingerprint density at radius 2 is 2.30 bits per heavy atom. The molecule has 20 heavy (non-hydrogen) atoms. The fraction of sp³-hybridized carbons (Fsp3) is 0.800. The molecule has 3 heterocycles. The third kappa shape index (κ3) is 2.50. The van der Waals surface area contributed by atoms with Gasteiger partial charge in [0.1, 0.15) is 0 Å². The van der Waals surface area contributed by atoms with Crippen LogP contribution >= 0.6 is 0 Å². The van der Waals surface area contributed by atoms with Gasteiger partial charge in [-0.15, -0.1) is 0 Å². The van der Waals surface area contributed by atoms with E-state index in [1.165, 1.54) is 18.4 Å². The Balaban J connectivity index is 1.41. The highest BCUT2D eigenvalue weighted by Crippen LogP contribution is 2.35. The molecule has 110 valence electrons. The summed E-state index contributed by atoms with van der Waals surface area (Å²) < 4.78 is 13.7. The van der Waals surface area contributed by atoms with Gasteiger partial charge in [0.15, 0.2) is 0 Å². The molecule has 0 bridgehead atoms. The normalized spacial score (nSPS) is 33.8. The van der Waals surface area contributed by atoms with E-state index in [9.17, 15) is 0 Å². The largest absolute Gasteiger partial charge is 0.379 e. The molecule has 2 aliphatic heterocycles. The smallest absolute Gasteiger partial charge is 0.0768 e. The van der Waals surface area contributed by atoms with Crippen molar-refractivity contribution in [3.05, 3.63) is 18.0 Å². The van der Waals surface area contributed by atoms with Crippen molar-refractivity contribution in [3.63, 3.8) is 0 Å². The van der Waals surface area contributed by atoms with Crippen molar-refractivity contribution in [2.75, 3.05) is 26.4 Å². The summed E-state index contributed by atoms with van der Waals surface area (Å²) in [5.41, 5.74) is 1.28. The predicted octanol–water partition coefficient (Wildman–Crippen LogP) is 1.05. The zero-order chi connectivity index (χ0) is 13.5. The number of rotatable bonds is 5. The second kappa shape index (κ2) is 5.13. The monoisotopic (exact) mass is 277 g/mol. The lowest BCUT2D eigenvalue weighted by Crippen LogP contribution is -2.32. The highest BCUT2D eigenvalue weighted by Gasteiger charge is 2.46. The Morgan fingerprint density at radius 1 is 1.40 bits per heavy atom. The van der Waals surface area contributed by atoms with E-state index in [0.29, 0.717) is 18.1 Å². The van der Waals surface area contributed by atoms with Crippen LogP contribution in [0.25, 0.3) is 0 Å². The van der Waals surface area contributed by atoms with Gasteiger partial charge in [-0.2, -0.15) is 5.10 Å². The Kier molecular flexibility index (Phi) is 3.28. The van der Waals surface area contributed by atoms with Crippen LogP contribution in [0, 0.1) is 11.8 Å². The van der Waals surface area contributed by atoms with Crippen molar-refractivity contribution in [1.82, 2.24) is 14.7 Å². The molecule has 3 aliphatic rings. The van der Waals surface area contributed by atoms with Crippen LogP contribution in [0.1, 0.15) is 18.4 Å². The highest BCUT2D eigenvalue weighted by molar-refractivity contribution is 5.07. The molecule has 1 aromatic heterocycles. The molecule has 0 unspecified atom stereocenters. The third-order valence-corrected chi connectivity index (χ3v) is 4.84. The molecule has 2 saturated heterocycles. The minimum absolute atomic E-state index is 0.361. The lowest BCUT2D eigenvalue weighted by Gasteiger charge is -2.21. The molecule has 3 fully saturated rings. The van der Waals surface area contributed by atoms with Gasteiger partial charge in [0, 0.05) is 50.5 Å². The fourth-order valence-corrected chi connectivity index (χ4v) is 3.48. The maximum atomic E-state index is 6.17. The SMILES string of the molecule is Cn1cc(CN2C[C@@H](OCC3CC3)[C@@H]3COC[C@@H]32)cn1. The van der Waals surface area contributed by atoms with E-state index in [1.54, 1.807) is 0 Å². The molecule has 5 nitrogen and oxygen atoms in total. The van der Waals surface area contributed by atoms with E-state index in [-0.39, 0.29) is 0 Å². The van der Waals surface area contributed by atoms with Gasteiger partial charge >= 0.3 is 0 Å². The number of nitrogens with zero attached hydrogens (tertiary/aromatic N) is 3. The highest BCUT2D eigenvalue weighted by atomic mass is 16.5. The summed E-state index contributed by atoms with van der Waals surface area (Å²) in [6.07, 6.45) is 7.14. The van der Waals surface area contributed by atoms with Crippen LogP contribution in [0.15, 0.2) is 12.4 Å². The Hall–Kier alpha value is -0.910. The quantitative estimate of drug-likeness (QED) is 0.806. The second-order valence-electron chi connectivity index (χ2n) is 6.54. The summed E-state index contributed by atoms with van der Waals surface area (Å²) in [5.74, 6) is 1.40. The number of hydrogen-bond acceptors (Lipinski definition) is 4. The van der Waals surface area contributed by atoms with Crippen LogP contribution in [-0.4, -0.2) is 53.2 Å². The van der Waals surface area contributed by atoms with Crippen LogP contribution < -0.4 is 0 Å². The second-order valence-corrected chi connectivity index (χ2v) is 6.54. The summed E-state index contributed by atoms with van der Waals surface area (Å²) in [4.78, 5) is 2.52. The Bertz CT molecular complexity index is 471. The summed E-state index contributed by atoms with van der Waals surface area (Å²) in [5, 5.41) is 4.26. The molecule has 0 amide bonds. The van der Waals surface area contributed by atoms with Crippen molar-refractivity contribution in [2.24, 2.45) is 18.9 Å². The minimum Gasteiger partial charge on any atom is -0.379 e. The van der Waals surface area contributed by atoms with Crippen LogP contribution in [0.5, 0.6) is 0 Å². The number of aryl methyl sites for hydroxylation is 1. The first-order chi connectivity index (χ1) is 9.79. The van der Waals surface area contributed by atoms with Crippen LogP contribution in [0.4, 0.5) is 0 Å². The first-order valence-electron chi connectivity index (χ1n) is 7.70. The zero-order valence-corrected chi connectivity index (χ0v) is 12.1. The van der Waals surface area contributed by atoms with E-state index in [4.69, 9.17) is 9.47 Å². The van der Waals surface area contributed by atoms with Gasteiger partial charge in [-0.1, -0.05) is 0 Å². The lowest BCUT2D eigenvalue weighted by atomic mass is 10.0. The number of fused-ring (bicyclic) bond motifs is 1. The number of ether oxygens (including phenoxy) is 2. The fourth-order valence-electron chi connectivity index (χ4n) is 3.48. The molecule has 0 N–H and O–H groups in total. The van der Waals surface area contributed by atoms with Crippen molar-refractivity contribution >= 4 is 0 Å². The van der Waals surface area contributed by atoms with Gasteiger partial charge in [-0.3, -0.25) is 9.58 Å². The molecule has 0 aromatic carbocycles. The molecule has 5 heteroatoms. The van der Waals surface area contributed by atoms with E-state index in [1.807, 2.05) is 17.9 Å². The molecule has 0 radical (unpaired) electrons. The van der Waals surface area contributed by atoms with Crippen LogP contribution in [0.3, 0.4) is 0 Å². The van der Waals surface area contributed by atoms with Crippen LogP contribution in [-0.2, 0) is 23.1 Å². The predicted molar refractivity (Wildman–Crippen MR) is 74.2 cm³/mol. The topological polar surface area (TPSA) is 39.5 Å². The molecule has 3 atom stereocenters. The average Bonchev–Trinajstić information content (AvgIpc) is 2.84. The molecule has 4 rings (SSSR count). The number of hydrogen-bond donors (Lipinski definition) is 0. The maximum absolute atomic E-state index is 6.17. The minimum atomic E-state index is 0.361. The van der Waals surface area contributed by atoms with E-state index >= 15 is 0 Å². The average molecular weight is 277 g/mol. The summed E-state index contributed by atoms with van der Waals surface area (Å²) >= 11 is 0. The van der Waals surface area contributed by atoms with Gasteiger partial charge in [-0.05, 0) is 18.8 Å². The third-order valence-electron chi connectivity index (χ3n) is 4.84. The van der Waals surface area contributed by atoms with E-state index in [0.717, 1.165) is 38.8 Å². The molecule has 0 spiro atoms. The standard InChI is InChI=1S/C15H23N3O2/c1-17-5-12(4-16-17)6-18-7-15(20-8-11-2-3-11)13-9-19-10-14(13)18/h4-5,11,13-15H,2-3,6-10H2,1H3/t13-,14+,15-/m1/s1. The van der Waals surface area contributed by atoms with Gasteiger partial charge in [0.05, 0.1) is 25.5 Å². The lowest BCUT2D eigenvalue weighted by molar-refractivity contribution is 0.0137. The summed E-state index contributed by atoms with van der Waals surface area (Å²) in [6.45, 7) is 4.67. The first kappa shape index (κ1) is 12.8. The maximum Gasteiger partial charge on any atom is 0.0768 e. The van der Waals surface area contributed by atoms with Gasteiger partial charge < -0.3 is 9.47 Å². The van der Waals surface area contributed by atoms with Gasteiger partial charge in [0.25, 0.3) is 0 Å². The molecule has 1 saturated carbocycles. The van der Waals surface area contributed by atoms with Gasteiger partial charge in [0.2, 0.25) is 0 Å². The molecule has 1 aliphatic carbocycles. The zero-order valence-electron chi connectivity index (χ0n) is 12.1. The van der Waals surface area contributed by atoms with Crippen molar-refractivity contribution in [2.45, 2.75) is 31.5 Å².